The fourth-order valence-corrected chi connectivity index (χ4v) is 3.16. The number of benzene rings is 1. The van der Waals surface area contributed by atoms with Crippen molar-refractivity contribution in [3.8, 4) is 0 Å². The summed E-state index contributed by atoms with van der Waals surface area (Å²) in [6.07, 6.45) is -4.07. The van der Waals surface area contributed by atoms with E-state index in [-0.39, 0.29) is 42.1 Å². The van der Waals surface area contributed by atoms with Crippen LogP contribution in [0.25, 0.3) is 0 Å². The Morgan fingerprint density at radius 2 is 1.74 bits per heavy atom. The van der Waals surface area contributed by atoms with Gasteiger partial charge >= 0.3 is 6.18 Å². The van der Waals surface area contributed by atoms with E-state index in [9.17, 15) is 22.4 Å². The van der Waals surface area contributed by atoms with Gasteiger partial charge in [-0.15, -0.1) is 24.0 Å². The van der Waals surface area contributed by atoms with Gasteiger partial charge in [0.2, 0.25) is 5.91 Å². The monoisotopic (exact) mass is 559 g/mol. The minimum Gasteiger partial charge on any atom is -0.357 e. The SMILES string of the molecule is CCNC(=NCCNC(=O)Cc1ccc(F)cc1)N1CCN(C(C)C(F)(F)F)CC1.I. The Bertz CT molecular complexity index is 707. The lowest BCUT2D eigenvalue weighted by Gasteiger charge is -2.39. The number of hydrogen-bond acceptors (Lipinski definition) is 3. The van der Waals surface area contributed by atoms with Crippen LogP contribution in [-0.4, -0.2) is 79.7 Å². The van der Waals surface area contributed by atoms with E-state index in [0.29, 0.717) is 51.8 Å². The first kappa shape index (κ1) is 27.4. The number of amides is 1. The molecule has 1 saturated heterocycles. The van der Waals surface area contributed by atoms with Crippen molar-refractivity contribution < 1.29 is 22.4 Å². The van der Waals surface area contributed by atoms with Crippen LogP contribution in [0.2, 0.25) is 0 Å². The van der Waals surface area contributed by atoms with E-state index < -0.39 is 12.2 Å². The van der Waals surface area contributed by atoms with E-state index in [2.05, 4.69) is 15.6 Å². The van der Waals surface area contributed by atoms with Gasteiger partial charge in [-0.05, 0) is 31.5 Å². The predicted octanol–water partition coefficient (Wildman–Crippen LogP) is 2.64. The standard InChI is InChI=1S/C20H29F4N5O.HI/c1-3-25-19(29-12-10-28(11-13-29)15(2)20(22,23)24)27-9-8-26-18(30)14-16-4-6-17(21)7-5-16;/h4-7,15H,3,8-14H2,1-2H3,(H,25,27)(H,26,30);1H. The van der Waals surface area contributed by atoms with Gasteiger partial charge in [0.1, 0.15) is 11.9 Å². The molecule has 176 valence electrons. The summed E-state index contributed by atoms with van der Waals surface area (Å²) < 4.78 is 51.6. The fraction of sp³-hybridized carbons (Fsp3) is 0.600. The Morgan fingerprint density at radius 3 is 2.29 bits per heavy atom. The van der Waals surface area contributed by atoms with Crippen LogP contribution in [0.15, 0.2) is 29.3 Å². The van der Waals surface area contributed by atoms with Gasteiger partial charge in [-0.3, -0.25) is 14.7 Å². The molecule has 2 rings (SSSR count). The van der Waals surface area contributed by atoms with Gasteiger partial charge in [-0.1, -0.05) is 12.1 Å². The summed E-state index contributed by atoms with van der Waals surface area (Å²) in [5.74, 6) is 0.0966. The predicted molar refractivity (Wildman–Crippen MR) is 123 cm³/mol. The molecule has 2 N–H and O–H groups in total. The Labute approximate surface area is 197 Å². The maximum absolute atomic E-state index is 12.9. The van der Waals surface area contributed by atoms with Crippen molar-refractivity contribution in [1.29, 1.82) is 0 Å². The molecule has 1 fully saturated rings. The summed E-state index contributed by atoms with van der Waals surface area (Å²) in [6, 6.07) is 4.29. The summed E-state index contributed by atoms with van der Waals surface area (Å²) in [7, 11) is 0. The number of nitrogens with one attached hydrogen (secondary N) is 2. The average molecular weight is 559 g/mol. The lowest BCUT2D eigenvalue weighted by Crippen LogP contribution is -2.56. The highest BCUT2D eigenvalue weighted by atomic mass is 127. The molecule has 11 heteroatoms. The Balaban J connectivity index is 0.00000480. The lowest BCUT2D eigenvalue weighted by molar-refractivity contribution is -0.181. The first-order valence-electron chi connectivity index (χ1n) is 10.1. The van der Waals surface area contributed by atoms with Crippen LogP contribution in [0.1, 0.15) is 19.4 Å². The van der Waals surface area contributed by atoms with Crippen molar-refractivity contribution >= 4 is 35.8 Å². The number of aliphatic imine (C=N–C) groups is 1. The molecule has 1 aliphatic heterocycles. The van der Waals surface area contributed by atoms with Crippen LogP contribution >= 0.6 is 24.0 Å². The molecule has 1 aromatic carbocycles. The Kier molecular flexibility index (Phi) is 11.5. The zero-order chi connectivity index (χ0) is 22.1. The summed E-state index contributed by atoms with van der Waals surface area (Å²) >= 11 is 0. The number of alkyl halides is 3. The summed E-state index contributed by atoms with van der Waals surface area (Å²) in [5, 5.41) is 5.91. The van der Waals surface area contributed by atoms with Gasteiger partial charge in [0.15, 0.2) is 5.96 Å². The van der Waals surface area contributed by atoms with E-state index >= 15 is 0 Å². The second-order valence-corrected chi connectivity index (χ2v) is 7.13. The van der Waals surface area contributed by atoms with Crippen molar-refractivity contribution in [3.05, 3.63) is 35.6 Å². The first-order chi connectivity index (χ1) is 14.2. The highest BCUT2D eigenvalue weighted by molar-refractivity contribution is 14.0. The molecule has 31 heavy (non-hydrogen) atoms. The number of halogens is 5. The third kappa shape index (κ3) is 9.17. The molecule has 1 atom stereocenters. The van der Waals surface area contributed by atoms with Crippen LogP contribution in [0.5, 0.6) is 0 Å². The maximum atomic E-state index is 12.9. The number of guanidine groups is 1. The van der Waals surface area contributed by atoms with Crippen molar-refractivity contribution in [2.45, 2.75) is 32.5 Å². The first-order valence-corrected chi connectivity index (χ1v) is 10.1. The average Bonchev–Trinajstić information content (AvgIpc) is 2.71. The minimum absolute atomic E-state index is 0. The molecule has 0 aromatic heterocycles. The minimum atomic E-state index is -4.23. The highest BCUT2D eigenvalue weighted by Crippen LogP contribution is 2.25. The number of carbonyl (C=O) groups is 1. The van der Waals surface area contributed by atoms with Gasteiger partial charge in [-0.25, -0.2) is 4.39 Å². The molecule has 0 spiro atoms. The molecule has 6 nitrogen and oxygen atoms in total. The largest absolute Gasteiger partial charge is 0.403 e. The topological polar surface area (TPSA) is 60.0 Å². The van der Waals surface area contributed by atoms with E-state index in [4.69, 9.17) is 0 Å². The molecule has 0 bridgehead atoms. The number of carbonyl (C=O) groups excluding carboxylic acids is 1. The molecular weight excluding hydrogens is 529 g/mol. The van der Waals surface area contributed by atoms with E-state index in [1.54, 1.807) is 12.1 Å². The molecule has 0 saturated carbocycles. The molecule has 0 aliphatic carbocycles. The molecule has 1 aromatic rings. The molecule has 1 aliphatic rings. The Hall–Kier alpha value is -1.63. The lowest BCUT2D eigenvalue weighted by atomic mass is 10.1. The van der Waals surface area contributed by atoms with Gasteiger partial charge in [0.05, 0.1) is 13.0 Å². The number of piperazine rings is 1. The third-order valence-corrected chi connectivity index (χ3v) is 4.94. The summed E-state index contributed by atoms with van der Waals surface area (Å²) in [4.78, 5) is 19.8. The van der Waals surface area contributed by atoms with Crippen molar-refractivity contribution in [1.82, 2.24) is 20.4 Å². The van der Waals surface area contributed by atoms with Crippen LogP contribution in [-0.2, 0) is 11.2 Å². The van der Waals surface area contributed by atoms with E-state index in [1.807, 2.05) is 11.8 Å². The smallest absolute Gasteiger partial charge is 0.357 e. The van der Waals surface area contributed by atoms with Crippen LogP contribution in [0.3, 0.4) is 0 Å². The normalized spacial score (nSPS) is 16.5. The zero-order valence-electron chi connectivity index (χ0n) is 17.7. The molecule has 0 radical (unpaired) electrons. The molecule has 1 heterocycles. The molecule has 1 unspecified atom stereocenters. The maximum Gasteiger partial charge on any atom is 0.403 e. The Morgan fingerprint density at radius 1 is 1.13 bits per heavy atom. The summed E-state index contributed by atoms with van der Waals surface area (Å²) in [6.45, 7) is 5.92. The van der Waals surface area contributed by atoms with E-state index in [1.165, 1.54) is 24.0 Å². The molecular formula is C20H30F4IN5O. The number of hydrogen-bond donors (Lipinski definition) is 2. The highest BCUT2D eigenvalue weighted by Gasteiger charge is 2.41. The van der Waals surface area contributed by atoms with Crippen molar-refractivity contribution in [2.24, 2.45) is 4.99 Å². The van der Waals surface area contributed by atoms with Crippen LogP contribution in [0.4, 0.5) is 17.6 Å². The van der Waals surface area contributed by atoms with Crippen LogP contribution in [0, 0.1) is 5.82 Å². The van der Waals surface area contributed by atoms with Crippen molar-refractivity contribution in [3.63, 3.8) is 0 Å². The zero-order valence-corrected chi connectivity index (χ0v) is 20.0. The van der Waals surface area contributed by atoms with Crippen LogP contribution < -0.4 is 10.6 Å². The second-order valence-electron chi connectivity index (χ2n) is 7.13. The number of nitrogens with zero attached hydrogens (tertiary/aromatic N) is 3. The number of rotatable bonds is 7. The fourth-order valence-electron chi connectivity index (χ4n) is 3.16. The van der Waals surface area contributed by atoms with Gasteiger partial charge in [0.25, 0.3) is 0 Å². The van der Waals surface area contributed by atoms with Gasteiger partial charge in [0, 0.05) is 39.3 Å². The quantitative estimate of drug-likeness (QED) is 0.178. The van der Waals surface area contributed by atoms with Gasteiger partial charge in [-0.2, -0.15) is 13.2 Å². The molecule has 1 amide bonds. The van der Waals surface area contributed by atoms with Crippen molar-refractivity contribution in [2.75, 3.05) is 45.8 Å². The van der Waals surface area contributed by atoms with E-state index in [0.717, 1.165) is 5.56 Å². The van der Waals surface area contributed by atoms with Gasteiger partial charge < -0.3 is 15.5 Å². The third-order valence-electron chi connectivity index (χ3n) is 4.94. The second kappa shape index (κ2) is 13.0. The summed E-state index contributed by atoms with van der Waals surface area (Å²) in [5.41, 5.74) is 0.719.